The number of aromatic amines is 1. The first-order chi connectivity index (χ1) is 5.65. The fraction of sp³-hybridized carbons (Fsp3) is 0.286. The van der Waals surface area contributed by atoms with Crippen molar-refractivity contribution in [2.75, 3.05) is 5.73 Å². The maximum Gasteiger partial charge on any atom is 0.278 e. The van der Waals surface area contributed by atoms with Gasteiger partial charge in [0.1, 0.15) is 5.69 Å². The zero-order valence-corrected chi connectivity index (χ0v) is 6.96. The second kappa shape index (κ2) is 3.17. The van der Waals surface area contributed by atoms with Gasteiger partial charge in [-0.25, -0.2) is 4.98 Å². The molecule has 5 nitrogen and oxygen atoms in total. The van der Waals surface area contributed by atoms with E-state index >= 15 is 0 Å². The highest BCUT2D eigenvalue weighted by Crippen LogP contribution is 2.08. The van der Waals surface area contributed by atoms with E-state index in [-0.39, 0.29) is 11.5 Å². The molecule has 0 bridgehead atoms. The highest BCUT2D eigenvalue weighted by atomic mass is 16.1. The van der Waals surface area contributed by atoms with E-state index in [1.54, 1.807) is 13.8 Å². The van der Waals surface area contributed by atoms with Gasteiger partial charge >= 0.3 is 0 Å². The van der Waals surface area contributed by atoms with Crippen molar-refractivity contribution in [3.63, 3.8) is 0 Å². The van der Waals surface area contributed by atoms with Gasteiger partial charge in [0.2, 0.25) is 5.95 Å². The van der Waals surface area contributed by atoms with Crippen molar-refractivity contribution in [1.29, 1.82) is 0 Å². The average molecular weight is 166 g/mol. The third-order valence-corrected chi connectivity index (χ3v) is 1.35. The molecule has 0 aliphatic carbocycles. The topological polar surface area (TPSA) is 84.1 Å². The van der Waals surface area contributed by atoms with Gasteiger partial charge in [0, 0.05) is 6.21 Å². The third kappa shape index (κ3) is 1.50. The number of aryl methyl sites for hydroxylation is 1. The summed E-state index contributed by atoms with van der Waals surface area (Å²) in [5, 5.41) is 0. The van der Waals surface area contributed by atoms with Crippen LogP contribution >= 0.6 is 0 Å². The number of anilines is 1. The molecule has 1 rings (SSSR count). The van der Waals surface area contributed by atoms with Crippen LogP contribution in [0.1, 0.15) is 12.6 Å². The minimum absolute atomic E-state index is 0.118. The average Bonchev–Trinajstić information content (AvgIpc) is 1.96. The molecule has 0 aliphatic rings. The lowest BCUT2D eigenvalue weighted by Crippen LogP contribution is -2.12. The summed E-state index contributed by atoms with van der Waals surface area (Å²) < 4.78 is 0. The molecule has 0 amide bonds. The molecule has 0 radical (unpaired) electrons. The van der Waals surface area contributed by atoms with Gasteiger partial charge in [-0.1, -0.05) is 0 Å². The minimum atomic E-state index is -0.307. The Labute approximate surface area is 69.4 Å². The number of nitrogen functional groups attached to an aromatic ring is 1. The highest BCUT2D eigenvalue weighted by Gasteiger charge is 2.03. The molecule has 3 N–H and O–H groups in total. The maximum absolute atomic E-state index is 11.2. The van der Waals surface area contributed by atoms with Gasteiger partial charge in [-0.2, -0.15) is 0 Å². The standard InChI is InChI=1S/C7H10N4O/c1-3-9-5-4(2)10-7(8)11-6(5)12/h3H,1-2H3,(H3,8,10,11,12). The molecule has 0 fully saturated rings. The third-order valence-electron chi connectivity index (χ3n) is 1.35. The van der Waals surface area contributed by atoms with Gasteiger partial charge < -0.3 is 5.73 Å². The molecular formula is C7H10N4O. The second-order valence-corrected chi connectivity index (χ2v) is 2.27. The Bertz CT molecular complexity index is 366. The molecule has 12 heavy (non-hydrogen) atoms. The number of hydrogen-bond acceptors (Lipinski definition) is 4. The zero-order chi connectivity index (χ0) is 9.14. The largest absolute Gasteiger partial charge is 0.369 e. The van der Waals surface area contributed by atoms with Gasteiger partial charge in [0.15, 0.2) is 0 Å². The van der Waals surface area contributed by atoms with Crippen LogP contribution in [0.2, 0.25) is 0 Å². The second-order valence-electron chi connectivity index (χ2n) is 2.27. The molecule has 0 aliphatic heterocycles. The molecule has 0 saturated carbocycles. The first-order valence-electron chi connectivity index (χ1n) is 3.50. The molecule has 64 valence electrons. The molecule has 5 heteroatoms. The summed E-state index contributed by atoms with van der Waals surface area (Å²) in [5.41, 5.74) is 5.85. The van der Waals surface area contributed by atoms with E-state index in [2.05, 4.69) is 15.0 Å². The van der Waals surface area contributed by atoms with Gasteiger partial charge in [-0.3, -0.25) is 14.8 Å². The summed E-state index contributed by atoms with van der Waals surface area (Å²) in [6.45, 7) is 3.42. The van der Waals surface area contributed by atoms with Crippen molar-refractivity contribution in [3.05, 3.63) is 16.0 Å². The zero-order valence-electron chi connectivity index (χ0n) is 6.96. The molecule has 0 aromatic carbocycles. The van der Waals surface area contributed by atoms with Crippen LogP contribution in [0.25, 0.3) is 0 Å². The lowest BCUT2D eigenvalue weighted by atomic mass is 10.4. The molecule has 1 aromatic heterocycles. The summed E-state index contributed by atoms with van der Waals surface area (Å²) in [6, 6.07) is 0. The summed E-state index contributed by atoms with van der Waals surface area (Å²) in [6.07, 6.45) is 1.54. The quantitative estimate of drug-likeness (QED) is 0.591. The van der Waals surface area contributed by atoms with E-state index < -0.39 is 0 Å². The fourth-order valence-corrected chi connectivity index (χ4v) is 0.883. The van der Waals surface area contributed by atoms with Crippen LogP contribution in [-0.4, -0.2) is 16.2 Å². The van der Waals surface area contributed by atoms with Crippen molar-refractivity contribution in [1.82, 2.24) is 9.97 Å². The number of H-pyrrole nitrogens is 1. The Morgan fingerprint density at radius 3 is 2.83 bits per heavy atom. The number of aromatic nitrogens is 2. The monoisotopic (exact) mass is 166 g/mol. The first-order valence-corrected chi connectivity index (χ1v) is 3.50. The Morgan fingerprint density at radius 1 is 1.67 bits per heavy atom. The summed E-state index contributed by atoms with van der Waals surface area (Å²) >= 11 is 0. The van der Waals surface area contributed by atoms with E-state index in [1.165, 1.54) is 6.21 Å². The summed E-state index contributed by atoms with van der Waals surface area (Å²) in [5.74, 6) is 0.118. The van der Waals surface area contributed by atoms with Crippen LogP contribution < -0.4 is 11.3 Å². The fourth-order valence-electron chi connectivity index (χ4n) is 0.883. The summed E-state index contributed by atoms with van der Waals surface area (Å²) in [7, 11) is 0. The Balaban J connectivity index is 3.38. The van der Waals surface area contributed by atoms with E-state index in [0.29, 0.717) is 11.4 Å². The number of nitrogens with one attached hydrogen (secondary N) is 1. The maximum atomic E-state index is 11.2. The van der Waals surface area contributed by atoms with Gasteiger partial charge in [0.05, 0.1) is 5.69 Å². The SMILES string of the molecule is CC=Nc1c(C)nc(N)[nH]c1=O. The molecule has 0 spiro atoms. The molecular weight excluding hydrogens is 156 g/mol. The van der Waals surface area contributed by atoms with Crippen molar-refractivity contribution < 1.29 is 0 Å². The number of rotatable bonds is 1. The van der Waals surface area contributed by atoms with E-state index in [9.17, 15) is 4.79 Å². The predicted molar refractivity (Wildman–Crippen MR) is 47.8 cm³/mol. The number of nitrogens with zero attached hydrogens (tertiary/aromatic N) is 2. The Hall–Kier alpha value is -1.65. The van der Waals surface area contributed by atoms with Crippen molar-refractivity contribution in [3.8, 4) is 0 Å². The minimum Gasteiger partial charge on any atom is -0.369 e. The Kier molecular flexibility index (Phi) is 2.23. The van der Waals surface area contributed by atoms with Crippen LogP contribution in [0.4, 0.5) is 11.6 Å². The molecule has 1 heterocycles. The van der Waals surface area contributed by atoms with E-state index in [1.807, 2.05) is 0 Å². The first kappa shape index (κ1) is 8.45. The summed E-state index contributed by atoms with van der Waals surface area (Å²) in [4.78, 5) is 21.2. The van der Waals surface area contributed by atoms with Crippen LogP contribution in [0, 0.1) is 6.92 Å². The van der Waals surface area contributed by atoms with Gasteiger partial charge in [0.25, 0.3) is 5.56 Å². The van der Waals surface area contributed by atoms with Gasteiger partial charge in [-0.05, 0) is 13.8 Å². The predicted octanol–water partition coefficient (Wildman–Crippen LogP) is 0.383. The smallest absolute Gasteiger partial charge is 0.278 e. The van der Waals surface area contributed by atoms with Crippen LogP contribution in [-0.2, 0) is 0 Å². The van der Waals surface area contributed by atoms with Gasteiger partial charge in [-0.15, -0.1) is 0 Å². The van der Waals surface area contributed by atoms with E-state index in [4.69, 9.17) is 5.73 Å². The van der Waals surface area contributed by atoms with Crippen LogP contribution in [0.3, 0.4) is 0 Å². The molecule has 0 saturated heterocycles. The van der Waals surface area contributed by atoms with E-state index in [0.717, 1.165) is 0 Å². The normalized spacial score (nSPS) is 10.8. The number of hydrogen-bond donors (Lipinski definition) is 2. The van der Waals surface area contributed by atoms with Crippen molar-refractivity contribution in [2.24, 2.45) is 4.99 Å². The molecule has 1 aromatic rings. The highest BCUT2D eigenvalue weighted by molar-refractivity contribution is 5.61. The lowest BCUT2D eigenvalue weighted by molar-refractivity contribution is 1.07. The molecule has 0 unspecified atom stereocenters. The van der Waals surface area contributed by atoms with Crippen molar-refractivity contribution in [2.45, 2.75) is 13.8 Å². The molecule has 0 atom stereocenters. The Morgan fingerprint density at radius 2 is 2.33 bits per heavy atom. The van der Waals surface area contributed by atoms with Crippen molar-refractivity contribution >= 4 is 17.9 Å². The van der Waals surface area contributed by atoms with Crippen LogP contribution in [0.5, 0.6) is 0 Å². The number of aliphatic imine (C=N–C) groups is 1. The number of nitrogens with two attached hydrogens (primary N) is 1. The van der Waals surface area contributed by atoms with Crippen LogP contribution in [0.15, 0.2) is 9.79 Å². The lowest BCUT2D eigenvalue weighted by Gasteiger charge is -1.98.